The molecule has 0 aliphatic carbocycles. The average molecular weight is 384 g/mol. The van der Waals surface area contributed by atoms with Gasteiger partial charge in [0.25, 0.3) is 0 Å². The summed E-state index contributed by atoms with van der Waals surface area (Å²) in [5, 5.41) is 3.49. The Balaban J connectivity index is 1.54. The maximum absolute atomic E-state index is 13.6. The molecule has 3 heterocycles. The van der Waals surface area contributed by atoms with E-state index in [1.807, 2.05) is 21.9 Å². The lowest BCUT2D eigenvalue weighted by Gasteiger charge is -2.39. The van der Waals surface area contributed by atoms with E-state index in [0.29, 0.717) is 37.1 Å². The highest BCUT2D eigenvalue weighted by Crippen LogP contribution is 2.30. The van der Waals surface area contributed by atoms with Crippen LogP contribution in [0, 0.1) is 17.8 Å². The molecule has 2 saturated heterocycles. The minimum Gasteiger partial charge on any atom is -0.341 e. The molecule has 1 N–H and O–H groups in total. The van der Waals surface area contributed by atoms with Crippen molar-refractivity contribution in [3.05, 3.63) is 35.4 Å². The molecule has 2 fully saturated rings. The summed E-state index contributed by atoms with van der Waals surface area (Å²) in [5.41, 5.74) is 2.39. The van der Waals surface area contributed by atoms with Gasteiger partial charge in [-0.25, -0.2) is 0 Å². The molecule has 5 nitrogen and oxygen atoms in total. The molecule has 5 heteroatoms. The molecule has 1 aromatic carbocycles. The highest BCUT2D eigenvalue weighted by Gasteiger charge is 2.38. The van der Waals surface area contributed by atoms with Crippen LogP contribution in [0.15, 0.2) is 24.3 Å². The van der Waals surface area contributed by atoms with Gasteiger partial charge in [0.1, 0.15) is 6.04 Å². The van der Waals surface area contributed by atoms with E-state index < -0.39 is 0 Å². The molecule has 28 heavy (non-hydrogen) atoms. The van der Waals surface area contributed by atoms with Crippen molar-refractivity contribution in [2.24, 2.45) is 17.8 Å². The van der Waals surface area contributed by atoms with Crippen molar-refractivity contribution in [3.63, 3.8) is 0 Å². The minimum atomic E-state index is -0.350. The highest BCUT2D eigenvalue weighted by molar-refractivity contribution is 5.88. The lowest BCUT2D eigenvalue weighted by atomic mass is 9.92. The Morgan fingerprint density at radius 2 is 1.71 bits per heavy atom. The summed E-state index contributed by atoms with van der Waals surface area (Å²) in [6.07, 6.45) is 3.30. The Morgan fingerprint density at radius 1 is 1.07 bits per heavy atom. The standard InChI is InChI=1S/C23H33N3O2/c1-16(2)11-22(27)26-15-20-6-4-3-5-17(20)12-21(26)23(28)25-9-7-18-13-24-14-19(18)8-10-25/h3-6,16,18-19,21,24H,7-15H2,1-2H3/t18-,19+,21?. The third-order valence-electron chi connectivity index (χ3n) is 6.77. The second-order valence-electron chi connectivity index (χ2n) is 9.19. The largest absolute Gasteiger partial charge is 0.341 e. The molecule has 1 aromatic rings. The fourth-order valence-corrected chi connectivity index (χ4v) is 5.12. The predicted octanol–water partition coefficient (Wildman–Crippen LogP) is 2.44. The molecule has 0 radical (unpaired) electrons. The van der Waals surface area contributed by atoms with Crippen LogP contribution in [0.3, 0.4) is 0 Å². The van der Waals surface area contributed by atoms with E-state index in [4.69, 9.17) is 0 Å². The SMILES string of the molecule is CC(C)CC(=O)N1Cc2ccccc2CC1C(=O)N1CC[C@@H]2CNC[C@@H]2CC1. The normalized spacial score (nSPS) is 27.3. The molecule has 0 aromatic heterocycles. The first kappa shape index (κ1) is 19.4. The van der Waals surface area contributed by atoms with E-state index in [1.165, 1.54) is 11.1 Å². The Bertz CT molecular complexity index is 718. The van der Waals surface area contributed by atoms with Crippen LogP contribution in [-0.2, 0) is 22.6 Å². The minimum absolute atomic E-state index is 0.110. The Hall–Kier alpha value is -1.88. The molecule has 4 rings (SSSR count). The molecule has 0 bridgehead atoms. The number of carbonyl (C=O) groups excluding carboxylic acids is 2. The van der Waals surface area contributed by atoms with Gasteiger partial charge in [0.05, 0.1) is 0 Å². The van der Waals surface area contributed by atoms with E-state index in [9.17, 15) is 9.59 Å². The van der Waals surface area contributed by atoms with Crippen LogP contribution in [0.25, 0.3) is 0 Å². The fourth-order valence-electron chi connectivity index (χ4n) is 5.12. The van der Waals surface area contributed by atoms with Gasteiger partial charge in [0.15, 0.2) is 0 Å². The van der Waals surface area contributed by atoms with Gasteiger partial charge in [-0.1, -0.05) is 38.1 Å². The molecule has 3 aliphatic rings. The van der Waals surface area contributed by atoms with E-state index >= 15 is 0 Å². The van der Waals surface area contributed by atoms with E-state index in [0.717, 1.165) is 39.0 Å². The summed E-state index contributed by atoms with van der Waals surface area (Å²) in [5.74, 6) is 1.95. The van der Waals surface area contributed by atoms with Crippen molar-refractivity contribution in [1.82, 2.24) is 15.1 Å². The molecule has 3 atom stereocenters. The Kier molecular flexibility index (Phi) is 5.72. The lowest BCUT2D eigenvalue weighted by Crippen LogP contribution is -2.54. The second-order valence-corrected chi connectivity index (χ2v) is 9.19. The Labute approximate surface area is 168 Å². The van der Waals surface area contributed by atoms with E-state index in [2.05, 4.69) is 31.3 Å². The Morgan fingerprint density at radius 3 is 2.36 bits per heavy atom. The van der Waals surface area contributed by atoms with Crippen molar-refractivity contribution in [3.8, 4) is 0 Å². The van der Waals surface area contributed by atoms with Crippen molar-refractivity contribution in [1.29, 1.82) is 0 Å². The van der Waals surface area contributed by atoms with Gasteiger partial charge in [0, 0.05) is 32.5 Å². The second kappa shape index (κ2) is 8.24. The number of benzene rings is 1. The molecular formula is C23H33N3O2. The number of nitrogens with zero attached hydrogens (tertiary/aromatic N) is 2. The summed E-state index contributed by atoms with van der Waals surface area (Å²) in [7, 11) is 0. The van der Waals surface area contributed by atoms with Crippen molar-refractivity contribution < 1.29 is 9.59 Å². The maximum Gasteiger partial charge on any atom is 0.245 e. The van der Waals surface area contributed by atoms with Crippen molar-refractivity contribution in [2.45, 2.75) is 52.1 Å². The number of amides is 2. The molecular weight excluding hydrogens is 350 g/mol. The molecule has 0 spiro atoms. The van der Waals surface area contributed by atoms with Crippen LogP contribution in [-0.4, -0.2) is 53.8 Å². The van der Waals surface area contributed by atoms with Crippen molar-refractivity contribution in [2.75, 3.05) is 26.2 Å². The van der Waals surface area contributed by atoms with E-state index in [-0.39, 0.29) is 17.9 Å². The smallest absolute Gasteiger partial charge is 0.245 e. The third-order valence-corrected chi connectivity index (χ3v) is 6.77. The third kappa shape index (κ3) is 3.95. The van der Waals surface area contributed by atoms with Gasteiger partial charge in [-0.2, -0.15) is 0 Å². The number of carbonyl (C=O) groups is 2. The first-order valence-corrected chi connectivity index (χ1v) is 10.9. The molecule has 152 valence electrons. The molecule has 0 saturated carbocycles. The number of fused-ring (bicyclic) bond motifs is 2. The van der Waals surface area contributed by atoms with Gasteiger partial charge in [0.2, 0.25) is 11.8 Å². The fraction of sp³-hybridized carbons (Fsp3) is 0.652. The van der Waals surface area contributed by atoms with Gasteiger partial charge in [-0.15, -0.1) is 0 Å². The zero-order valence-corrected chi connectivity index (χ0v) is 17.2. The number of hydrogen-bond acceptors (Lipinski definition) is 3. The average Bonchev–Trinajstić information content (AvgIpc) is 3.04. The van der Waals surface area contributed by atoms with Crippen LogP contribution < -0.4 is 5.32 Å². The number of rotatable bonds is 3. The summed E-state index contributed by atoms with van der Waals surface area (Å²) in [6.45, 7) is 8.51. The van der Waals surface area contributed by atoms with Crippen molar-refractivity contribution >= 4 is 11.8 Å². The van der Waals surface area contributed by atoms with Crippen LogP contribution in [0.5, 0.6) is 0 Å². The molecule has 2 amide bonds. The van der Waals surface area contributed by atoms with Gasteiger partial charge in [-0.05, 0) is 54.8 Å². The van der Waals surface area contributed by atoms with Gasteiger partial charge in [-0.3, -0.25) is 9.59 Å². The van der Waals surface area contributed by atoms with Crippen LogP contribution in [0.4, 0.5) is 0 Å². The number of nitrogens with one attached hydrogen (secondary N) is 1. The highest BCUT2D eigenvalue weighted by atomic mass is 16.2. The summed E-state index contributed by atoms with van der Waals surface area (Å²) < 4.78 is 0. The first-order valence-electron chi connectivity index (χ1n) is 10.9. The van der Waals surface area contributed by atoms with Crippen LogP contribution in [0.2, 0.25) is 0 Å². The van der Waals surface area contributed by atoms with Gasteiger partial charge >= 0.3 is 0 Å². The molecule has 3 aliphatic heterocycles. The zero-order chi connectivity index (χ0) is 19.7. The topological polar surface area (TPSA) is 52.7 Å². The maximum atomic E-state index is 13.6. The summed E-state index contributed by atoms with van der Waals surface area (Å²) in [4.78, 5) is 30.5. The number of likely N-dealkylation sites (tertiary alicyclic amines) is 1. The summed E-state index contributed by atoms with van der Waals surface area (Å²) in [6, 6.07) is 7.90. The molecule has 1 unspecified atom stereocenters. The quantitative estimate of drug-likeness (QED) is 0.872. The van der Waals surface area contributed by atoms with Gasteiger partial charge < -0.3 is 15.1 Å². The number of hydrogen-bond donors (Lipinski definition) is 1. The lowest BCUT2D eigenvalue weighted by molar-refractivity contribution is -0.147. The summed E-state index contributed by atoms with van der Waals surface area (Å²) >= 11 is 0. The van der Waals surface area contributed by atoms with Crippen LogP contribution >= 0.6 is 0 Å². The predicted molar refractivity (Wildman–Crippen MR) is 110 cm³/mol. The zero-order valence-electron chi connectivity index (χ0n) is 17.2. The monoisotopic (exact) mass is 383 g/mol. The van der Waals surface area contributed by atoms with E-state index in [1.54, 1.807) is 0 Å². The van der Waals surface area contributed by atoms with Crippen LogP contribution in [0.1, 0.15) is 44.2 Å². The first-order chi connectivity index (χ1) is 13.5.